The molecule has 5 heteroatoms. The minimum absolute atomic E-state index is 0.0870. The summed E-state index contributed by atoms with van der Waals surface area (Å²) in [6, 6.07) is 5.37. The van der Waals surface area contributed by atoms with Crippen molar-refractivity contribution >= 4 is 17.0 Å². The zero-order valence-electron chi connectivity index (χ0n) is 10.3. The van der Waals surface area contributed by atoms with Gasteiger partial charge < -0.3 is 14.0 Å². The number of carbonyl (C=O) groups excluding carboxylic acids is 1. The molecule has 0 amide bonds. The molecular formula is C13H14N2O3. The van der Waals surface area contributed by atoms with E-state index >= 15 is 0 Å². The topological polar surface area (TPSA) is 53.4 Å². The Balaban J connectivity index is 2.09. The van der Waals surface area contributed by atoms with Crippen LogP contribution in [0.2, 0.25) is 0 Å². The second kappa shape index (κ2) is 4.10. The molecule has 0 radical (unpaired) electrons. The zero-order chi connectivity index (χ0) is 12.7. The Hall–Kier alpha value is -1.88. The van der Waals surface area contributed by atoms with Crippen LogP contribution in [-0.2, 0) is 16.5 Å². The molecule has 2 aromatic rings. The van der Waals surface area contributed by atoms with Gasteiger partial charge in [0.25, 0.3) is 0 Å². The Labute approximate surface area is 104 Å². The summed E-state index contributed by atoms with van der Waals surface area (Å²) in [6.45, 7) is 0.793. The van der Waals surface area contributed by atoms with Gasteiger partial charge in [0.1, 0.15) is 11.9 Å². The molecule has 0 saturated carbocycles. The third kappa shape index (κ3) is 1.59. The molecule has 0 aliphatic carbocycles. The number of nitrogens with zero attached hydrogens (tertiary/aromatic N) is 2. The first-order valence-electron chi connectivity index (χ1n) is 5.87. The van der Waals surface area contributed by atoms with E-state index in [0.717, 1.165) is 29.9 Å². The zero-order valence-corrected chi connectivity index (χ0v) is 10.3. The molecule has 18 heavy (non-hydrogen) atoms. The van der Waals surface area contributed by atoms with Gasteiger partial charge in [0.15, 0.2) is 0 Å². The van der Waals surface area contributed by atoms with Crippen LogP contribution >= 0.6 is 0 Å². The molecule has 1 saturated heterocycles. The van der Waals surface area contributed by atoms with Crippen molar-refractivity contribution in [2.75, 3.05) is 13.7 Å². The third-order valence-electron chi connectivity index (χ3n) is 3.32. The minimum Gasteiger partial charge on any atom is -0.465 e. The van der Waals surface area contributed by atoms with E-state index in [9.17, 15) is 4.79 Å². The summed E-state index contributed by atoms with van der Waals surface area (Å²) >= 11 is 0. The number of methoxy groups -OCH3 is 1. The van der Waals surface area contributed by atoms with E-state index in [2.05, 4.69) is 4.98 Å². The average Bonchev–Trinajstić information content (AvgIpc) is 2.64. The number of carbonyl (C=O) groups is 1. The Kier molecular flexibility index (Phi) is 2.56. The molecule has 0 bridgehead atoms. The summed E-state index contributed by atoms with van der Waals surface area (Å²) < 4.78 is 12.1. The average molecular weight is 246 g/mol. The summed E-state index contributed by atoms with van der Waals surface area (Å²) in [4.78, 5) is 16.0. The lowest BCUT2D eigenvalue weighted by Crippen LogP contribution is -2.21. The number of aryl methyl sites for hydroxylation is 1. The number of aromatic nitrogens is 2. The first-order chi connectivity index (χ1) is 8.70. The van der Waals surface area contributed by atoms with Crippen LogP contribution in [-0.4, -0.2) is 29.2 Å². The standard InChI is InChI=1S/C13H14N2O3/c1-15-10-7-8(13(16)17-2)3-4-9(10)14-12(15)11-5-6-18-11/h3-4,7,11H,5-6H2,1-2H3. The van der Waals surface area contributed by atoms with Gasteiger partial charge in [-0.2, -0.15) is 0 Å². The van der Waals surface area contributed by atoms with Gasteiger partial charge in [0, 0.05) is 13.5 Å². The molecule has 1 atom stereocenters. The summed E-state index contributed by atoms with van der Waals surface area (Å²) in [5.41, 5.74) is 2.33. The number of esters is 1. The van der Waals surface area contributed by atoms with E-state index in [4.69, 9.17) is 9.47 Å². The number of rotatable bonds is 2. The van der Waals surface area contributed by atoms with Crippen LogP contribution in [0.1, 0.15) is 28.7 Å². The Morgan fingerprint density at radius 3 is 2.94 bits per heavy atom. The highest BCUT2D eigenvalue weighted by atomic mass is 16.5. The minimum atomic E-state index is -0.334. The van der Waals surface area contributed by atoms with E-state index in [-0.39, 0.29) is 12.1 Å². The van der Waals surface area contributed by atoms with Crippen molar-refractivity contribution < 1.29 is 14.3 Å². The van der Waals surface area contributed by atoms with Gasteiger partial charge in [-0.3, -0.25) is 0 Å². The lowest BCUT2D eigenvalue weighted by atomic mass is 10.2. The van der Waals surface area contributed by atoms with Gasteiger partial charge >= 0.3 is 5.97 Å². The summed E-state index contributed by atoms with van der Waals surface area (Å²) in [5.74, 6) is 0.581. The molecule has 2 heterocycles. The van der Waals surface area contributed by atoms with Crippen molar-refractivity contribution in [3.63, 3.8) is 0 Å². The second-order valence-electron chi connectivity index (χ2n) is 4.37. The molecule has 1 aromatic carbocycles. The van der Waals surface area contributed by atoms with Gasteiger partial charge in [-0.05, 0) is 18.2 Å². The first-order valence-corrected chi connectivity index (χ1v) is 5.87. The molecule has 94 valence electrons. The lowest BCUT2D eigenvalue weighted by molar-refractivity contribution is -0.0591. The number of imidazole rings is 1. The van der Waals surface area contributed by atoms with E-state index in [1.807, 2.05) is 17.7 Å². The van der Waals surface area contributed by atoms with Gasteiger partial charge in [0.2, 0.25) is 0 Å². The monoisotopic (exact) mass is 246 g/mol. The smallest absolute Gasteiger partial charge is 0.337 e. The Morgan fingerprint density at radius 2 is 2.33 bits per heavy atom. The van der Waals surface area contributed by atoms with Crippen LogP contribution < -0.4 is 0 Å². The van der Waals surface area contributed by atoms with Crippen LogP contribution in [0.3, 0.4) is 0 Å². The van der Waals surface area contributed by atoms with Gasteiger partial charge in [-0.1, -0.05) is 0 Å². The number of fused-ring (bicyclic) bond motifs is 1. The second-order valence-corrected chi connectivity index (χ2v) is 4.37. The highest BCUT2D eigenvalue weighted by molar-refractivity contribution is 5.93. The molecule has 0 spiro atoms. The Bertz CT molecular complexity index is 614. The highest BCUT2D eigenvalue weighted by Crippen LogP contribution is 2.30. The summed E-state index contributed by atoms with van der Waals surface area (Å²) in [7, 11) is 3.32. The van der Waals surface area contributed by atoms with Crippen molar-refractivity contribution in [1.29, 1.82) is 0 Å². The quantitative estimate of drug-likeness (QED) is 0.758. The highest BCUT2D eigenvalue weighted by Gasteiger charge is 2.25. The molecule has 0 N–H and O–H groups in total. The molecular weight excluding hydrogens is 232 g/mol. The fraction of sp³-hybridized carbons (Fsp3) is 0.385. The van der Waals surface area contributed by atoms with Crippen molar-refractivity contribution in [1.82, 2.24) is 9.55 Å². The molecule has 3 rings (SSSR count). The maximum atomic E-state index is 11.5. The largest absolute Gasteiger partial charge is 0.465 e. The SMILES string of the molecule is COC(=O)c1ccc2nc(C3CCO3)n(C)c2c1. The molecule has 1 aromatic heterocycles. The fourth-order valence-electron chi connectivity index (χ4n) is 2.18. The van der Waals surface area contributed by atoms with Gasteiger partial charge in [-0.25, -0.2) is 9.78 Å². The van der Waals surface area contributed by atoms with E-state index in [1.54, 1.807) is 12.1 Å². The number of hydrogen-bond donors (Lipinski definition) is 0. The van der Waals surface area contributed by atoms with Crippen molar-refractivity contribution in [3.05, 3.63) is 29.6 Å². The molecule has 5 nitrogen and oxygen atoms in total. The molecule has 1 fully saturated rings. The van der Waals surface area contributed by atoms with E-state index in [0.29, 0.717) is 5.56 Å². The van der Waals surface area contributed by atoms with Gasteiger partial charge in [-0.15, -0.1) is 0 Å². The fourth-order valence-corrected chi connectivity index (χ4v) is 2.18. The predicted octanol–water partition coefficient (Wildman–Crippen LogP) is 1.82. The van der Waals surface area contributed by atoms with E-state index in [1.165, 1.54) is 7.11 Å². The molecule has 1 aliphatic rings. The number of benzene rings is 1. The van der Waals surface area contributed by atoms with Crippen molar-refractivity contribution in [3.8, 4) is 0 Å². The molecule has 1 aliphatic heterocycles. The van der Waals surface area contributed by atoms with Crippen molar-refractivity contribution in [2.24, 2.45) is 7.05 Å². The van der Waals surface area contributed by atoms with Crippen LogP contribution in [0.4, 0.5) is 0 Å². The predicted molar refractivity (Wildman–Crippen MR) is 65.4 cm³/mol. The maximum absolute atomic E-state index is 11.5. The van der Waals surface area contributed by atoms with E-state index < -0.39 is 0 Å². The third-order valence-corrected chi connectivity index (χ3v) is 3.32. The van der Waals surface area contributed by atoms with Crippen molar-refractivity contribution in [2.45, 2.75) is 12.5 Å². The lowest BCUT2D eigenvalue weighted by Gasteiger charge is -2.25. The number of ether oxygens (including phenoxy) is 2. The summed E-state index contributed by atoms with van der Waals surface area (Å²) in [5, 5.41) is 0. The van der Waals surface area contributed by atoms with Gasteiger partial charge in [0.05, 0.1) is 30.3 Å². The van der Waals surface area contributed by atoms with Crippen LogP contribution in [0.5, 0.6) is 0 Å². The van der Waals surface area contributed by atoms with Crippen LogP contribution in [0, 0.1) is 0 Å². The first kappa shape index (κ1) is 11.2. The number of hydrogen-bond acceptors (Lipinski definition) is 4. The van der Waals surface area contributed by atoms with Crippen LogP contribution in [0.25, 0.3) is 11.0 Å². The normalized spacial score (nSPS) is 18.7. The van der Waals surface area contributed by atoms with Crippen LogP contribution in [0.15, 0.2) is 18.2 Å². The Morgan fingerprint density at radius 1 is 1.56 bits per heavy atom. The maximum Gasteiger partial charge on any atom is 0.337 e. The molecule has 1 unspecified atom stereocenters. The summed E-state index contributed by atoms with van der Waals surface area (Å²) in [6.07, 6.45) is 1.09.